The average Bonchev–Trinajstić information content (AvgIpc) is 2.53. The zero-order chi connectivity index (χ0) is 9.84. The molecule has 0 aromatic rings. The molecule has 4 heteroatoms. The van der Waals surface area contributed by atoms with Gasteiger partial charge in [0.15, 0.2) is 0 Å². The van der Waals surface area contributed by atoms with E-state index in [2.05, 4.69) is 7.05 Å². The van der Waals surface area contributed by atoms with Crippen LogP contribution >= 0.6 is 0 Å². The Kier molecular flexibility index (Phi) is 3.54. The Morgan fingerprint density at radius 1 is 1.77 bits per heavy atom. The Morgan fingerprint density at radius 3 is 2.85 bits per heavy atom. The van der Waals surface area contributed by atoms with E-state index in [1.165, 1.54) is 7.11 Å². The lowest BCUT2D eigenvalue weighted by Crippen LogP contribution is -2.41. The minimum atomic E-state index is -0.234. The zero-order valence-corrected chi connectivity index (χ0v) is 8.32. The summed E-state index contributed by atoms with van der Waals surface area (Å²) in [5.74, 6) is 0. The van der Waals surface area contributed by atoms with E-state index in [0.717, 1.165) is 19.5 Å². The second-order valence-corrected chi connectivity index (χ2v) is 3.28. The van der Waals surface area contributed by atoms with Crippen LogP contribution in [0.3, 0.4) is 0 Å². The van der Waals surface area contributed by atoms with Crippen molar-refractivity contribution in [1.82, 2.24) is 9.80 Å². The van der Waals surface area contributed by atoms with Crippen LogP contribution in [0.2, 0.25) is 0 Å². The zero-order valence-electron chi connectivity index (χ0n) is 8.32. The average molecular weight is 185 g/mol. The molecule has 1 aliphatic rings. The van der Waals surface area contributed by atoms with E-state index < -0.39 is 0 Å². The van der Waals surface area contributed by atoms with Gasteiger partial charge in [0.1, 0.15) is 0 Å². The number of methoxy groups -OCH3 is 1. The van der Waals surface area contributed by atoms with Crippen LogP contribution in [0.4, 0.5) is 4.79 Å². The Balaban J connectivity index is 2.51. The van der Waals surface area contributed by atoms with Crippen molar-refractivity contribution in [2.75, 3.05) is 26.7 Å². The van der Waals surface area contributed by atoms with Crippen molar-refractivity contribution in [3.05, 3.63) is 7.05 Å². The summed E-state index contributed by atoms with van der Waals surface area (Å²) in [7, 11) is 5.26. The van der Waals surface area contributed by atoms with E-state index in [0.29, 0.717) is 6.54 Å². The third-order valence-corrected chi connectivity index (χ3v) is 2.44. The van der Waals surface area contributed by atoms with E-state index in [1.54, 1.807) is 4.90 Å². The van der Waals surface area contributed by atoms with Crippen LogP contribution in [0.1, 0.15) is 13.3 Å². The van der Waals surface area contributed by atoms with Crippen molar-refractivity contribution in [3.8, 4) is 0 Å². The highest BCUT2D eigenvalue weighted by Crippen LogP contribution is 2.14. The van der Waals surface area contributed by atoms with E-state index in [9.17, 15) is 4.79 Å². The maximum absolute atomic E-state index is 11.3. The first kappa shape index (κ1) is 10.3. The number of hydrogen-bond donors (Lipinski definition) is 0. The number of ether oxygens (including phenoxy) is 1. The molecule has 0 unspecified atom stereocenters. The molecule has 13 heavy (non-hydrogen) atoms. The van der Waals surface area contributed by atoms with Gasteiger partial charge >= 0.3 is 6.09 Å². The van der Waals surface area contributed by atoms with Crippen molar-refractivity contribution in [3.63, 3.8) is 0 Å². The number of likely N-dealkylation sites (tertiary alicyclic amines) is 1. The van der Waals surface area contributed by atoms with Crippen molar-refractivity contribution < 1.29 is 9.53 Å². The van der Waals surface area contributed by atoms with Gasteiger partial charge in [-0.1, -0.05) is 0 Å². The Hall–Kier alpha value is -0.770. The van der Waals surface area contributed by atoms with Crippen molar-refractivity contribution in [2.45, 2.75) is 19.4 Å². The normalized spacial score (nSPS) is 23.2. The summed E-state index contributed by atoms with van der Waals surface area (Å²) in [5, 5.41) is 0. The van der Waals surface area contributed by atoms with E-state index in [-0.39, 0.29) is 12.1 Å². The summed E-state index contributed by atoms with van der Waals surface area (Å²) in [6.07, 6.45) is 0.759. The van der Waals surface area contributed by atoms with E-state index in [1.807, 2.05) is 11.8 Å². The molecule has 1 fully saturated rings. The highest BCUT2D eigenvalue weighted by atomic mass is 16.5. The van der Waals surface area contributed by atoms with Gasteiger partial charge in [-0.3, -0.25) is 7.05 Å². The fourth-order valence-electron chi connectivity index (χ4n) is 1.72. The predicted molar refractivity (Wildman–Crippen MR) is 50.1 cm³/mol. The minimum Gasteiger partial charge on any atom is -0.457 e. The van der Waals surface area contributed by atoms with Crippen LogP contribution in [0.5, 0.6) is 0 Å². The number of amides is 1. The number of carbonyl (C=O) groups excluding carboxylic acids is 1. The van der Waals surface area contributed by atoms with Crippen LogP contribution in [-0.4, -0.2) is 48.7 Å². The van der Waals surface area contributed by atoms with Gasteiger partial charge in [0, 0.05) is 12.6 Å². The third kappa shape index (κ3) is 2.34. The van der Waals surface area contributed by atoms with E-state index >= 15 is 0 Å². The molecule has 0 N–H and O–H groups in total. The maximum atomic E-state index is 11.3. The predicted octanol–water partition coefficient (Wildman–Crippen LogP) is 0.941. The smallest absolute Gasteiger partial charge is 0.409 e. The van der Waals surface area contributed by atoms with Crippen LogP contribution in [-0.2, 0) is 4.74 Å². The number of nitrogens with zero attached hydrogens (tertiary/aromatic N) is 2. The monoisotopic (exact) mass is 185 g/mol. The summed E-state index contributed by atoms with van der Waals surface area (Å²) in [5.41, 5.74) is 0. The Labute approximate surface area is 79.4 Å². The van der Waals surface area contributed by atoms with Gasteiger partial charge in [-0.05, 0) is 26.4 Å². The van der Waals surface area contributed by atoms with Crippen LogP contribution in [0.25, 0.3) is 0 Å². The number of rotatable bonds is 2. The molecule has 76 valence electrons. The SMILES string of the molecule is [CH2-]N1CC[C@@H](N(CC)C(=O)OC)C1. The first-order chi connectivity index (χ1) is 6.19. The van der Waals surface area contributed by atoms with Gasteiger partial charge in [0.05, 0.1) is 7.11 Å². The lowest BCUT2D eigenvalue weighted by atomic mass is 10.2. The molecule has 0 radical (unpaired) electrons. The van der Waals surface area contributed by atoms with Crippen molar-refractivity contribution >= 4 is 6.09 Å². The molecule has 1 atom stereocenters. The summed E-state index contributed by atoms with van der Waals surface area (Å²) < 4.78 is 4.70. The van der Waals surface area contributed by atoms with Crippen LogP contribution < -0.4 is 0 Å². The number of hydrogen-bond acceptors (Lipinski definition) is 3. The molecule has 1 rings (SSSR count). The number of likely N-dealkylation sites (N-methyl/N-ethyl adjacent to an activating group) is 1. The first-order valence-corrected chi connectivity index (χ1v) is 4.59. The van der Waals surface area contributed by atoms with Crippen molar-refractivity contribution in [2.24, 2.45) is 0 Å². The van der Waals surface area contributed by atoms with Gasteiger partial charge < -0.3 is 14.5 Å². The molecule has 0 saturated carbocycles. The summed E-state index contributed by atoms with van der Waals surface area (Å²) in [4.78, 5) is 15.0. The molecule has 4 nitrogen and oxygen atoms in total. The molecule has 1 heterocycles. The Morgan fingerprint density at radius 2 is 2.46 bits per heavy atom. The molecule has 0 aromatic carbocycles. The molecular weight excluding hydrogens is 168 g/mol. The third-order valence-electron chi connectivity index (χ3n) is 2.44. The van der Waals surface area contributed by atoms with Crippen molar-refractivity contribution in [1.29, 1.82) is 0 Å². The molecule has 0 aromatic heterocycles. The van der Waals surface area contributed by atoms with Gasteiger partial charge in [-0.2, -0.15) is 0 Å². The second kappa shape index (κ2) is 4.46. The van der Waals surface area contributed by atoms with Gasteiger partial charge in [0.25, 0.3) is 0 Å². The van der Waals surface area contributed by atoms with E-state index in [4.69, 9.17) is 4.74 Å². The fourth-order valence-corrected chi connectivity index (χ4v) is 1.72. The molecule has 1 aliphatic heterocycles. The fraction of sp³-hybridized carbons (Fsp3) is 0.778. The summed E-state index contributed by atoms with van der Waals surface area (Å²) in [6.45, 7) is 4.47. The molecule has 0 aliphatic carbocycles. The summed E-state index contributed by atoms with van der Waals surface area (Å²) >= 11 is 0. The van der Waals surface area contributed by atoms with Gasteiger partial charge in [-0.15, -0.1) is 0 Å². The van der Waals surface area contributed by atoms with Gasteiger partial charge in [-0.25, -0.2) is 4.79 Å². The maximum Gasteiger partial charge on any atom is 0.409 e. The standard InChI is InChI=1S/C9H17N2O2/c1-4-11(9(12)13-3)8-5-6-10(2)7-8/h8H,2,4-7H2,1,3H3/q-1/t8-/m1/s1. The lowest BCUT2D eigenvalue weighted by molar-refractivity contribution is 0.109. The van der Waals surface area contributed by atoms with Gasteiger partial charge in [0.2, 0.25) is 0 Å². The second-order valence-electron chi connectivity index (χ2n) is 3.28. The number of carbonyl (C=O) groups is 1. The lowest BCUT2D eigenvalue weighted by Gasteiger charge is -2.27. The quantitative estimate of drug-likeness (QED) is 0.600. The molecule has 0 spiro atoms. The highest BCUT2D eigenvalue weighted by Gasteiger charge is 2.26. The Bertz CT molecular complexity index is 184. The molecular formula is C9H17N2O2-. The van der Waals surface area contributed by atoms with Crippen LogP contribution in [0, 0.1) is 7.05 Å². The molecule has 1 amide bonds. The molecule has 1 saturated heterocycles. The van der Waals surface area contributed by atoms with Crippen LogP contribution in [0.15, 0.2) is 0 Å². The highest BCUT2D eigenvalue weighted by molar-refractivity contribution is 5.67. The molecule has 0 bridgehead atoms. The largest absolute Gasteiger partial charge is 0.457 e. The topological polar surface area (TPSA) is 32.8 Å². The first-order valence-electron chi connectivity index (χ1n) is 4.59. The minimum absolute atomic E-state index is 0.234. The summed E-state index contributed by atoms with van der Waals surface area (Å²) in [6, 6.07) is 0.273.